The highest BCUT2D eigenvalue weighted by molar-refractivity contribution is 9.10. The van der Waals surface area contributed by atoms with E-state index in [-0.39, 0.29) is 6.10 Å². The van der Waals surface area contributed by atoms with Gasteiger partial charge in [-0.25, -0.2) is 0 Å². The molecule has 0 radical (unpaired) electrons. The highest BCUT2D eigenvalue weighted by Gasteiger charge is 2.14. The number of halogens is 2. The average molecular weight is 438 g/mol. The summed E-state index contributed by atoms with van der Waals surface area (Å²) in [5, 5.41) is 4.27. The van der Waals surface area contributed by atoms with Crippen molar-refractivity contribution in [1.29, 1.82) is 0 Å². The summed E-state index contributed by atoms with van der Waals surface area (Å²) < 4.78 is 6.74. The highest BCUT2D eigenvalue weighted by Crippen LogP contribution is 2.31. The molecule has 3 nitrogen and oxygen atoms in total. The summed E-state index contributed by atoms with van der Waals surface area (Å²) in [6, 6.07) is 12.4. The fraction of sp³-hybridized carbons (Fsp3) is 0.429. The second-order valence-electron chi connectivity index (χ2n) is 7.00. The molecule has 0 unspecified atom stereocenters. The van der Waals surface area contributed by atoms with E-state index in [1.54, 1.807) is 0 Å². The molecule has 1 N–H and O–H groups in total. The maximum absolute atomic E-state index is 6.53. The predicted molar refractivity (Wildman–Crippen MR) is 115 cm³/mol. The van der Waals surface area contributed by atoms with Gasteiger partial charge >= 0.3 is 0 Å². The molecule has 1 aliphatic heterocycles. The van der Waals surface area contributed by atoms with Crippen LogP contribution in [-0.4, -0.2) is 19.2 Å². The minimum atomic E-state index is 0.163. The van der Waals surface area contributed by atoms with Gasteiger partial charge in [-0.3, -0.25) is 0 Å². The Hall–Kier alpha value is -1.39. The second-order valence-corrected chi connectivity index (χ2v) is 8.26. The second kappa shape index (κ2) is 9.01. The molecule has 1 aliphatic rings. The van der Waals surface area contributed by atoms with Gasteiger partial charge in [0, 0.05) is 25.3 Å². The Morgan fingerprint density at radius 3 is 2.54 bits per heavy atom. The van der Waals surface area contributed by atoms with E-state index >= 15 is 0 Å². The molecular formula is C21H26BrClN2O. The third kappa shape index (κ3) is 5.08. The normalized spacial score (nSPS) is 14.6. The van der Waals surface area contributed by atoms with Crippen molar-refractivity contribution in [3.63, 3.8) is 0 Å². The van der Waals surface area contributed by atoms with Gasteiger partial charge in [0.2, 0.25) is 0 Å². The van der Waals surface area contributed by atoms with Crippen molar-refractivity contribution in [2.24, 2.45) is 0 Å². The minimum absolute atomic E-state index is 0.163. The van der Waals surface area contributed by atoms with Gasteiger partial charge in [-0.2, -0.15) is 0 Å². The Morgan fingerprint density at radius 2 is 1.88 bits per heavy atom. The van der Waals surface area contributed by atoms with E-state index in [2.05, 4.69) is 50.4 Å². The molecule has 1 fully saturated rings. The lowest BCUT2D eigenvalue weighted by Gasteiger charge is -2.29. The summed E-state index contributed by atoms with van der Waals surface area (Å²) in [5.74, 6) is 0.873. The number of hydrogen-bond acceptors (Lipinski definition) is 3. The van der Waals surface area contributed by atoms with Crippen LogP contribution in [0.2, 0.25) is 5.02 Å². The van der Waals surface area contributed by atoms with Crippen molar-refractivity contribution in [2.45, 2.75) is 45.8 Å². The molecule has 1 saturated heterocycles. The average Bonchev–Trinajstić information content (AvgIpc) is 2.62. The van der Waals surface area contributed by atoms with Crippen LogP contribution in [0, 0.1) is 0 Å². The van der Waals surface area contributed by atoms with Gasteiger partial charge in [0.05, 0.1) is 21.3 Å². The SMILES string of the molecule is CC(C)Oc1ccc(CNc2ccc(N3CCCCC3)c(Cl)c2)cc1Br. The molecule has 0 atom stereocenters. The first kappa shape index (κ1) is 19.4. The first-order valence-corrected chi connectivity index (χ1v) is 10.4. The van der Waals surface area contributed by atoms with Crippen molar-refractivity contribution >= 4 is 38.9 Å². The largest absolute Gasteiger partial charge is 0.490 e. The van der Waals surface area contributed by atoms with Crippen LogP contribution >= 0.6 is 27.5 Å². The summed E-state index contributed by atoms with van der Waals surface area (Å²) in [4.78, 5) is 2.39. The maximum Gasteiger partial charge on any atom is 0.133 e. The van der Waals surface area contributed by atoms with Crippen LogP contribution in [0.25, 0.3) is 0 Å². The van der Waals surface area contributed by atoms with Gasteiger partial charge in [-0.05, 0) is 84.9 Å². The maximum atomic E-state index is 6.53. The monoisotopic (exact) mass is 436 g/mol. The Labute approximate surface area is 169 Å². The molecule has 0 aromatic heterocycles. The highest BCUT2D eigenvalue weighted by atomic mass is 79.9. The van der Waals surface area contributed by atoms with E-state index in [1.807, 2.05) is 26.0 Å². The van der Waals surface area contributed by atoms with Gasteiger partial charge in [0.25, 0.3) is 0 Å². The van der Waals surface area contributed by atoms with Crippen molar-refractivity contribution in [3.05, 3.63) is 51.5 Å². The van der Waals surface area contributed by atoms with Crippen LogP contribution in [0.1, 0.15) is 38.7 Å². The topological polar surface area (TPSA) is 24.5 Å². The molecule has 2 aromatic rings. The third-order valence-corrected chi connectivity index (χ3v) is 5.42. The van der Waals surface area contributed by atoms with E-state index < -0.39 is 0 Å². The fourth-order valence-electron chi connectivity index (χ4n) is 3.22. The fourth-order valence-corrected chi connectivity index (χ4v) is 4.04. The quantitative estimate of drug-likeness (QED) is 0.559. The van der Waals surface area contributed by atoms with Crippen LogP contribution in [0.3, 0.4) is 0 Å². The smallest absolute Gasteiger partial charge is 0.133 e. The van der Waals surface area contributed by atoms with Crippen molar-refractivity contribution in [3.8, 4) is 5.75 Å². The zero-order valence-corrected chi connectivity index (χ0v) is 17.7. The molecular weight excluding hydrogens is 412 g/mol. The molecule has 0 bridgehead atoms. The summed E-state index contributed by atoms with van der Waals surface area (Å²) in [7, 11) is 0. The van der Waals surface area contributed by atoms with Gasteiger partial charge < -0.3 is 15.0 Å². The zero-order valence-electron chi connectivity index (χ0n) is 15.4. The first-order valence-electron chi connectivity index (χ1n) is 9.26. The van der Waals surface area contributed by atoms with Crippen LogP contribution in [0.4, 0.5) is 11.4 Å². The lowest BCUT2D eigenvalue weighted by atomic mass is 10.1. The molecule has 140 valence electrons. The molecule has 0 spiro atoms. The standard InChI is InChI=1S/C21H26BrClN2O/c1-15(2)26-21-9-6-16(12-18(21)22)14-24-17-7-8-20(19(23)13-17)25-10-4-3-5-11-25/h6-9,12-13,15,24H,3-5,10-11,14H2,1-2H3. The van der Waals surface area contributed by atoms with Gasteiger partial charge in [-0.15, -0.1) is 0 Å². The van der Waals surface area contributed by atoms with Crippen LogP contribution in [0.5, 0.6) is 5.75 Å². The summed E-state index contributed by atoms with van der Waals surface area (Å²) in [5.41, 5.74) is 3.37. The van der Waals surface area contributed by atoms with E-state index in [9.17, 15) is 0 Å². The molecule has 3 rings (SSSR count). The number of nitrogens with zero attached hydrogens (tertiary/aromatic N) is 1. The zero-order chi connectivity index (χ0) is 18.5. The number of rotatable bonds is 6. The number of nitrogens with one attached hydrogen (secondary N) is 1. The van der Waals surface area contributed by atoms with E-state index in [4.69, 9.17) is 16.3 Å². The number of benzene rings is 2. The molecule has 5 heteroatoms. The third-order valence-electron chi connectivity index (χ3n) is 4.50. The van der Waals surface area contributed by atoms with E-state index in [1.165, 1.54) is 24.8 Å². The van der Waals surface area contributed by atoms with Crippen LogP contribution < -0.4 is 15.0 Å². The molecule has 0 amide bonds. The van der Waals surface area contributed by atoms with Crippen LogP contribution in [-0.2, 0) is 6.54 Å². The van der Waals surface area contributed by atoms with Gasteiger partial charge in [-0.1, -0.05) is 17.7 Å². The van der Waals surface area contributed by atoms with Crippen molar-refractivity contribution < 1.29 is 4.74 Å². The van der Waals surface area contributed by atoms with Gasteiger partial charge in [0.15, 0.2) is 0 Å². The first-order chi connectivity index (χ1) is 12.5. The van der Waals surface area contributed by atoms with E-state index in [0.29, 0.717) is 0 Å². The van der Waals surface area contributed by atoms with Crippen molar-refractivity contribution in [2.75, 3.05) is 23.3 Å². The molecule has 1 heterocycles. The summed E-state index contributed by atoms with van der Waals surface area (Å²) in [6.07, 6.45) is 3.99. The molecule has 2 aromatic carbocycles. The number of piperidine rings is 1. The van der Waals surface area contributed by atoms with E-state index in [0.717, 1.165) is 46.3 Å². The molecule has 0 aliphatic carbocycles. The predicted octanol–water partition coefficient (Wildman–Crippen LogP) is 6.49. The Balaban J connectivity index is 1.62. The number of anilines is 2. The van der Waals surface area contributed by atoms with Gasteiger partial charge in [0.1, 0.15) is 5.75 Å². The van der Waals surface area contributed by atoms with Crippen LogP contribution in [0.15, 0.2) is 40.9 Å². The lowest BCUT2D eigenvalue weighted by Crippen LogP contribution is -2.29. The Kier molecular flexibility index (Phi) is 6.71. The summed E-state index contributed by atoms with van der Waals surface area (Å²) in [6.45, 7) is 7.00. The number of hydrogen-bond donors (Lipinski definition) is 1. The molecule has 26 heavy (non-hydrogen) atoms. The number of ether oxygens (including phenoxy) is 1. The minimum Gasteiger partial charge on any atom is -0.490 e. The Morgan fingerprint density at radius 1 is 1.12 bits per heavy atom. The molecule has 0 saturated carbocycles. The lowest BCUT2D eigenvalue weighted by molar-refractivity contribution is 0.241. The summed E-state index contributed by atoms with van der Waals surface area (Å²) >= 11 is 10.1. The van der Waals surface area contributed by atoms with Crippen molar-refractivity contribution in [1.82, 2.24) is 0 Å². The Bertz CT molecular complexity index is 745.